The van der Waals surface area contributed by atoms with Gasteiger partial charge in [0.05, 0.1) is 0 Å². The van der Waals surface area contributed by atoms with E-state index in [0.29, 0.717) is 0 Å². The summed E-state index contributed by atoms with van der Waals surface area (Å²) in [6.45, 7) is 3.94. The van der Waals surface area contributed by atoms with Gasteiger partial charge in [-0.15, -0.1) is 0 Å². The molecule has 0 atom stereocenters. The number of halogens is 1. The number of rotatable bonds is 1. The van der Waals surface area contributed by atoms with E-state index >= 15 is 0 Å². The lowest BCUT2D eigenvalue weighted by molar-refractivity contribution is 1.21. The van der Waals surface area contributed by atoms with E-state index in [0.717, 1.165) is 11.5 Å². The Bertz CT molecular complexity index is 51.2. The van der Waals surface area contributed by atoms with Gasteiger partial charge in [-0.05, 0) is 13.3 Å². The highest BCUT2D eigenvalue weighted by molar-refractivity contribution is 6.29. The van der Waals surface area contributed by atoms with Crippen molar-refractivity contribution < 1.29 is 0 Å². The highest BCUT2D eigenvalue weighted by Gasteiger charge is 1.70. The molecule has 0 aliphatic heterocycles. The second kappa shape index (κ2) is 6.03. The molecule has 0 N–H and O–H groups in total. The Hall–Kier alpha value is 0.0300. The molecule has 0 rings (SSSR count). The summed E-state index contributed by atoms with van der Waals surface area (Å²) in [6, 6.07) is 0. The van der Waals surface area contributed by atoms with E-state index in [9.17, 15) is 0 Å². The molecule has 0 aromatic heterocycles. The van der Waals surface area contributed by atoms with Crippen molar-refractivity contribution in [1.29, 1.82) is 0 Å². The molecule has 0 aliphatic rings. The standard InChI is InChI=1S/C5H9Cl.CH4/c1-3-4-5(2)6;/h4H,3H2,1-2H3;1H4/b5-4+;. The first-order valence-electron chi connectivity index (χ1n) is 2.09. The first kappa shape index (κ1) is 10.1. The van der Waals surface area contributed by atoms with Crippen LogP contribution < -0.4 is 0 Å². The average molecular weight is 121 g/mol. The van der Waals surface area contributed by atoms with Crippen LogP contribution in [-0.4, -0.2) is 0 Å². The molecule has 0 saturated heterocycles. The third kappa shape index (κ3) is 10.7. The van der Waals surface area contributed by atoms with Crippen LogP contribution in [-0.2, 0) is 0 Å². The largest absolute Gasteiger partial charge is 0.0898 e. The molecule has 0 aromatic rings. The Balaban J connectivity index is 0. The minimum Gasteiger partial charge on any atom is -0.0898 e. The predicted molar refractivity (Wildman–Crippen MR) is 36.6 cm³/mol. The van der Waals surface area contributed by atoms with Crippen molar-refractivity contribution in [2.45, 2.75) is 27.7 Å². The maximum Gasteiger partial charge on any atom is 0.0110 e. The van der Waals surface area contributed by atoms with Gasteiger partial charge in [0.25, 0.3) is 0 Å². The molecule has 0 nitrogen and oxygen atoms in total. The topological polar surface area (TPSA) is 0 Å². The van der Waals surface area contributed by atoms with E-state index in [1.54, 1.807) is 0 Å². The number of hydrogen-bond acceptors (Lipinski definition) is 0. The van der Waals surface area contributed by atoms with Crippen molar-refractivity contribution in [3.8, 4) is 0 Å². The van der Waals surface area contributed by atoms with Gasteiger partial charge in [0.1, 0.15) is 0 Å². The highest BCUT2D eigenvalue weighted by atomic mass is 35.5. The monoisotopic (exact) mass is 120 g/mol. The molecule has 0 aromatic carbocycles. The Morgan fingerprint density at radius 2 is 2.14 bits per heavy atom. The van der Waals surface area contributed by atoms with Crippen LogP contribution in [0, 0.1) is 0 Å². The Morgan fingerprint density at radius 3 is 2.14 bits per heavy atom. The fraction of sp³-hybridized carbons (Fsp3) is 0.667. The van der Waals surface area contributed by atoms with E-state index in [1.165, 1.54) is 0 Å². The number of allylic oxidation sites excluding steroid dienone is 2. The minimum atomic E-state index is 0. The molecule has 0 saturated carbocycles. The van der Waals surface area contributed by atoms with Crippen LogP contribution in [0.1, 0.15) is 27.7 Å². The third-order valence-electron chi connectivity index (χ3n) is 0.485. The number of hydrogen-bond donors (Lipinski definition) is 0. The fourth-order valence-electron chi connectivity index (χ4n) is 0.281. The molecule has 1 heteroatoms. The van der Waals surface area contributed by atoms with Gasteiger partial charge in [0.2, 0.25) is 0 Å². The van der Waals surface area contributed by atoms with Gasteiger partial charge in [0, 0.05) is 5.03 Å². The quantitative estimate of drug-likeness (QED) is 0.499. The molecule has 0 radical (unpaired) electrons. The molecule has 0 spiro atoms. The van der Waals surface area contributed by atoms with Crippen LogP contribution in [0.2, 0.25) is 0 Å². The summed E-state index contributed by atoms with van der Waals surface area (Å²) < 4.78 is 0. The minimum absolute atomic E-state index is 0. The van der Waals surface area contributed by atoms with Crippen LogP contribution in [0.3, 0.4) is 0 Å². The van der Waals surface area contributed by atoms with Gasteiger partial charge < -0.3 is 0 Å². The first-order chi connectivity index (χ1) is 2.77. The van der Waals surface area contributed by atoms with Crippen LogP contribution in [0.5, 0.6) is 0 Å². The second-order valence-electron chi connectivity index (χ2n) is 1.20. The lowest BCUT2D eigenvalue weighted by Crippen LogP contribution is -1.54. The lowest BCUT2D eigenvalue weighted by atomic mass is 10.4. The molecular weight excluding hydrogens is 108 g/mol. The van der Waals surface area contributed by atoms with Crippen molar-refractivity contribution in [3.63, 3.8) is 0 Å². The fourth-order valence-corrected chi connectivity index (χ4v) is 0.436. The molecular formula is C6H13Cl. The normalized spacial score (nSPS) is 10.4. The summed E-state index contributed by atoms with van der Waals surface area (Å²) in [4.78, 5) is 0. The van der Waals surface area contributed by atoms with E-state index in [4.69, 9.17) is 11.6 Å². The lowest BCUT2D eigenvalue weighted by Gasteiger charge is -1.77. The summed E-state index contributed by atoms with van der Waals surface area (Å²) >= 11 is 5.44. The smallest absolute Gasteiger partial charge is 0.0110 e. The molecule has 7 heavy (non-hydrogen) atoms. The van der Waals surface area contributed by atoms with Crippen LogP contribution in [0.15, 0.2) is 11.1 Å². The van der Waals surface area contributed by atoms with E-state index in [-0.39, 0.29) is 7.43 Å². The van der Waals surface area contributed by atoms with Crippen LogP contribution in [0.4, 0.5) is 0 Å². The summed E-state index contributed by atoms with van der Waals surface area (Å²) in [5, 5.41) is 0.887. The third-order valence-corrected chi connectivity index (χ3v) is 0.640. The van der Waals surface area contributed by atoms with E-state index in [2.05, 4.69) is 6.92 Å². The summed E-state index contributed by atoms with van der Waals surface area (Å²) in [5.74, 6) is 0. The highest BCUT2D eigenvalue weighted by Crippen LogP contribution is 1.97. The Labute approximate surface area is 51.2 Å². The SMILES string of the molecule is C.CC/C=C(\C)Cl. The predicted octanol–water partition coefficient (Wildman–Crippen LogP) is 3.18. The molecule has 44 valence electrons. The molecule has 0 aliphatic carbocycles. The molecule has 0 amide bonds. The first-order valence-corrected chi connectivity index (χ1v) is 2.47. The molecule has 0 bridgehead atoms. The Morgan fingerprint density at radius 1 is 1.71 bits per heavy atom. The summed E-state index contributed by atoms with van der Waals surface area (Å²) in [5.41, 5.74) is 0. The molecule has 0 fully saturated rings. The average Bonchev–Trinajstić information content (AvgIpc) is 1.35. The zero-order chi connectivity index (χ0) is 4.99. The van der Waals surface area contributed by atoms with Gasteiger partial charge in [0.15, 0.2) is 0 Å². The Kier molecular flexibility index (Phi) is 8.70. The summed E-state index contributed by atoms with van der Waals surface area (Å²) in [6.07, 6.45) is 3.01. The van der Waals surface area contributed by atoms with Gasteiger partial charge in [-0.3, -0.25) is 0 Å². The maximum absolute atomic E-state index is 5.44. The zero-order valence-electron chi connectivity index (χ0n) is 4.16. The van der Waals surface area contributed by atoms with Crippen LogP contribution >= 0.6 is 11.6 Å². The van der Waals surface area contributed by atoms with Crippen molar-refractivity contribution in [2.75, 3.05) is 0 Å². The van der Waals surface area contributed by atoms with Gasteiger partial charge in [-0.2, -0.15) is 0 Å². The second-order valence-corrected chi connectivity index (χ2v) is 1.80. The zero-order valence-corrected chi connectivity index (χ0v) is 4.92. The van der Waals surface area contributed by atoms with Crippen molar-refractivity contribution in [1.82, 2.24) is 0 Å². The van der Waals surface area contributed by atoms with E-state index in [1.807, 2.05) is 13.0 Å². The molecule has 0 heterocycles. The van der Waals surface area contributed by atoms with Crippen molar-refractivity contribution >= 4 is 11.6 Å². The molecule has 0 unspecified atom stereocenters. The van der Waals surface area contributed by atoms with Gasteiger partial charge >= 0.3 is 0 Å². The van der Waals surface area contributed by atoms with Gasteiger partial charge in [-0.25, -0.2) is 0 Å². The van der Waals surface area contributed by atoms with Gasteiger partial charge in [-0.1, -0.05) is 32.0 Å². The van der Waals surface area contributed by atoms with Crippen molar-refractivity contribution in [3.05, 3.63) is 11.1 Å². The summed E-state index contributed by atoms with van der Waals surface area (Å²) in [7, 11) is 0. The maximum atomic E-state index is 5.44. The van der Waals surface area contributed by atoms with Crippen LogP contribution in [0.25, 0.3) is 0 Å². The van der Waals surface area contributed by atoms with Crippen molar-refractivity contribution in [2.24, 2.45) is 0 Å². The van der Waals surface area contributed by atoms with E-state index < -0.39 is 0 Å².